The van der Waals surface area contributed by atoms with Crippen LogP contribution in [0.4, 0.5) is 0 Å². The van der Waals surface area contributed by atoms with Crippen molar-refractivity contribution in [2.45, 2.75) is 19.9 Å². The molecule has 0 radical (unpaired) electrons. The van der Waals surface area contributed by atoms with Crippen LogP contribution in [0, 0.1) is 12.8 Å². The average molecular weight is 206 g/mol. The molecule has 0 amide bonds. The fraction of sp³-hybridized carbons (Fsp3) is 0.583. The predicted molar refractivity (Wildman–Crippen MR) is 59.4 cm³/mol. The Morgan fingerprint density at radius 2 is 2.47 bits per heavy atom. The van der Waals surface area contributed by atoms with Gasteiger partial charge in [0, 0.05) is 31.6 Å². The minimum Gasteiger partial charge on any atom is -0.396 e. The van der Waals surface area contributed by atoms with Crippen LogP contribution in [-0.4, -0.2) is 34.7 Å². The zero-order chi connectivity index (χ0) is 10.7. The van der Waals surface area contributed by atoms with Gasteiger partial charge in [0.25, 0.3) is 0 Å². The van der Waals surface area contributed by atoms with E-state index < -0.39 is 0 Å². The molecule has 0 saturated carbocycles. The normalized spacial score (nSPS) is 22.1. The summed E-state index contributed by atoms with van der Waals surface area (Å²) in [4.78, 5) is 6.68. The Hall–Kier alpha value is -0.930. The maximum absolute atomic E-state index is 9.07. The number of aromatic nitrogens is 1. The molecule has 0 spiro atoms. The number of aliphatic hydroxyl groups is 1. The molecule has 1 saturated heterocycles. The van der Waals surface area contributed by atoms with Crippen LogP contribution in [0.15, 0.2) is 18.3 Å². The van der Waals surface area contributed by atoms with Crippen molar-refractivity contribution in [2.24, 2.45) is 5.92 Å². The Labute approximate surface area is 90.8 Å². The van der Waals surface area contributed by atoms with Gasteiger partial charge in [-0.15, -0.1) is 0 Å². The second kappa shape index (κ2) is 4.73. The molecular formula is C12H18N2O. The van der Waals surface area contributed by atoms with Gasteiger partial charge in [-0.1, -0.05) is 6.07 Å². The van der Waals surface area contributed by atoms with Crippen molar-refractivity contribution >= 4 is 0 Å². The lowest BCUT2D eigenvalue weighted by atomic mass is 10.1. The maximum Gasteiger partial charge on any atom is 0.0471 e. The van der Waals surface area contributed by atoms with Crippen LogP contribution in [0.2, 0.25) is 0 Å². The first-order chi connectivity index (χ1) is 7.29. The van der Waals surface area contributed by atoms with Crippen molar-refractivity contribution in [1.29, 1.82) is 0 Å². The molecular weight excluding hydrogens is 188 g/mol. The van der Waals surface area contributed by atoms with Crippen LogP contribution < -0.4 is 0 Å². The zero-order valence-electron chi connectivity index (χ0n) is 9.19. The Morgan fingerprint density at radius 3 is 3.13 bits per heavy atom. The van der Waals surface area contributed by atoms with Crippen molar-refractivity contribution in [3.63, 3.8) is 0 Å². The van der Waals surface area contributed by atoms with Crippen molar-refractivity contribution in [1.82, 2.24) is 9.88 Å². The Bertz CT molecular complexity index is 327. The van der Waals surface area contributed by atoms with E-state index in [4.69, 9.17) is 5.11 Å². The summed E-state index contributed by atoms with van der Waals surface area (Å²) in [6.07, 6.45) is 2.95. The molecule has 3 nitrogen and oxygen atoms in total. The Balaban J connectivity index is 1.96. The largest absolute Gasteiger partial charge is 0.396 e. The summed E-state index contributed by atoms with van der Waals surface area (Å²) in [5.74, 6) is 0.474. The number of likely N-dealkylation sites (tertiary alicyclic amines) is 1. The van der Waals surface area contributed by atoms with Crippen LogP contribution in [0.25, 0.3) is 0 Å². The van der Waals surface area contributed by atoms with Gasteiger partial charge in [0.05, 0.1) is 0 Å². The third-order valence-electron chi connectivity index (χ3n) is 3.14. The smallest absolute Gasteiger partial charge is 0.0471 e. The summed E-state index contributed by atoms with van der Waals surface area (Å²) in [5, 5.41) is 9.07. The molecule has 82 valence electrons. The van der Waals surface area contributed by atoms with Crippen molar-refractivity contribution in [3.05, 3.63) is 29.6 Å². The lowest BCUT2D eigenvalue weighted by molar-refractivity contribution is 0.220. The van der Waals surface area contributed by atoms with E-state index in [1.165, 1.54) is 5.56 Å². The molecule has 1 atom stereocenters. The van der Waals surface area contributed by atoms with Crippen LogP contribution in [0.3, 0.4) is 0 Å². The fourth-order valence-electron chi connectivity index (χ4n) is 2.13. The third-order valence-corrected chi connectivity index (χ3v) is 3.14. The average Bonchev–Trinajstić information content (AvgIpc) is 2.69. The topological polar surface area (TPSA) is 36.4 Å². The van der Waals surface area contributed by atoms with Crippen LogP contribution in [0.1, 0.15) is 17.7 Å². The third kappa shape index (κ3) is 2.55. The summed E-state index contributed by atoms with van der Waals surface area (Å²) in [6, 6.07) is 4.12. The summed E-state index contributed by atoms with van der Waals surface area (Å²) >= 11 is 0. The molecule has 1 aromatic rings. The molecule has 2 rings (SSSR count). The van der Waals surface area contributed by atoms with Gasteiger partial charge in [-0.3, -0.25) is 9.88 Å². The zero-order valence-corrected chi connectivity index (χ0v) is 9.19. The van der Waals surface area contributed by atoms with E-state index in [-0.39, 0.29) is 0 Å². The molecule has 1 unspecified atom stereocenters. The van der Waals surface area contributed by atoms with Crippen LogP contribution >= 0.6 is 0 Å². The molecule has 1 aromatic heterocycles. The van der Waals surface area contributed by atoms with Gasteiger partial charge in [-0.2, -0.15) is 0 Å². The lowest BCUT2D eigenvalue weighted by Gasteiger charge is -2.16. The van der Waals surface area contributed by atoms with E-state index in [9.17, 15) is 0 Å². The minimum absolute atomic E-state index is 0.322. The summed E-state index contributed by atoms with van der Waals surface area (Å²) in [6.45, 7) is 5.46. The van der Waals surface area contributed by atoms with Crippen LogP contribution in [0.5, 0.6) is 0 Å². The molecule has 0 aliphatic carbocycles. The van der Waals surface area contributed by atoms with E-state index in [2.05, 4.69) is 22.9 Å². The molecule has 0 bridgehead atoms. The van der Waals surface area contributed by atoms with E-state index in [0.717, 1.165) is 31.7 Å². The number of rotatable bonds is 3. The number of hydrogen-bond acceptors (Lipinski definition) is 3. The molecule has 3 heteroatoms. The summed E-state index contributed by atoms with van der Waals surface area (Å²) in [7, 11) is 0. The van der Waals surface area contributed by atoms with Gasteiger partial charge >= 0.3 is 0 Å². The van der Waals surface area contributed by atoms with Crippen molar-refractivity contribution in [2.75, 3.05) is 19.7 Å². The van der Waals surface area contributed by atoms with Gasteiger partial charge in [-0.25, -0.2) is 0 Å². The summed E-state index contributed by atoms with van der Waals surface area (Å²) in [5.41, 5.74) is 2.42. The Morgan fingerprint density at radius 1 is 1.60 bits per heavy atom. The van der Waals surface area contributed by atoms with Gasteiger partial charge < -0.3 is 5.11 Å². The van der Waals surface area contributed by atoms with Gasteiger partial charge in [0.15, 0.2) is 0 Å². The van der Waals surface area contributed by atoms with E-state index in [1.54, 1.807) is 0 Å². The fourth-order valence-corrected chi connectivity index (χ4v) is 2.13. The second-order valence-corrected chi connectivity index (χ2v) is 4.32. The van der Waals surface area contributed by atoms with E-state index in [1.807, 2.05) is 12.3 Å². The minimum atomic E-state index is 0.322. The molecule has 1 N–H and O–H groups in total. The second-order valence-electron chi connectivity index (χ2n) is 4.32. The van der Waals surface area contributed by atoms with Crippen molar-refractivity contribution in [3.8, 4) is 0 Å². The molecule has 2 heterocycles. The highest BCUT2D eigenvalue weighted by atomic mass is 16.3. The van der Waals surface area contributed by atoms with Crippen LogP contribution in [-0.2, 0) is 6.54 Å². The molecule has 1 aliphatic heterocycles. The maximum atomic E-state index is 9.07. The number of aliphatic hydroxyl groups excluding tert-OH is 1. The summed E-state index contributed by atoms with van der Waals surface area (Å²) < 4.78 is 0. The Kier molecular flexibility index (Phi) is 3.34. The standard InChI is InChI=1S/C12H18N2O/c1-10-12(3-2-5-13-10)8-14-6-4-11(7-14)9-15/h2-3,5,11,15H,4,6-9H2,1H3. The molecule has 1 fully saturated rings. The predicted octanol–water partition coefficient (Wildman–Crippen LogP) is 1.20. The molecule has 1 aliphatic rings. The first-order valence-electron chi connectivity index (χ1n) is 5.53. The SMILES string of the molecule is Cc1ncccc1CN1CCC(CO)C1. The molecule has 0 aromatic carbocycles. The number of nitrogens with zero attached hydrogens (tertiary/aromatic N) is 2. The van der Waals surface area contributed by atoms with Gasteiger partial charge in [-0.05, 0) is 37.4 Å². The quantitative estimate of drug-likeness (QED) is 0.807. The first kappa shape index (κ1) is 10.6. The van der Waals surface area contributed by atoms with E-state index >= 15 is 0 Å². The lowest BCUT2D eigenvalue weighted by Crippen LogP contribution is -2.21. The van der Waals surface area contributed by atoms with Crippen molar-refractivity contribution < 1.29 is 5.11 Å². The van der Waals surface area contributed by atoms with Gasteiger partial charge in [0.1, 0.15) is 0 Å². The first-order valence-corrected chi connectivity index (χ1v) is 5.53. The molecule has 15 heavy (non-hydrogen) atoms. The monoisotopic (exact) mass is 206 g/mol. The number of aryl methyl sites for hydroxylation is 1. The number of pyridine rings is 1. The van der Waals surface area contributed by atoms with E-state index in [0.29, 0.717) is 12.5 Å². The highest BCUT2D eigenvalue weighted by Crippen LogP contribution is 2.18. The highest BCUT2D eigenvalue weighted by Gasteiger charge is 2.21. The van der Waals surface area contributed by atoms with Gasteiger partial charge in [0.2, 0.25) is 0 Å². The highest BCUT2D eigenvalue weighted by molar-refractivity contribution is 5.18. The number of hydrogen-bond donors (Lipinski definition) is 1.